The third kappa shape index (κ3) is 4.06. The van der Waals surface area contributed by atoms with Gasteiger partial charge in [-0.15, -0.1) is 10.2 Å². The SMILES string of the molecule is CCNc1ccc(N2CCN(S(=O)(=O)c3c(C)cc(C)cc3C)CC2)nn1. The minimum Gasteiger partial charge on any atom is -0.369 e. The van der Waals surface area contributed by atoms with E-state index < -0.39 is 10.0 Å². The van der Waals surface area contributed by atoms with E-state index in [1.807, 2.05) is 52.0 Å². The molecular formula is C19H27N5O2S. The van der Waals surface area contributed by atoms with E-state index >= 15 is 0 Å². The zero-order chi connectivity index (χ0) is 19.6. The van der Waals surface area contributed by atoms with Gasteiger partial charge in [-0.3, -0.25) is 0 Å². The first kappa shape index (κ1) is 19.6. The Bertz CT molecular complexity index is 881. The highest BCUT2D eigenvalue weighted by Crippen LogP contribution is 2.26. The van der Waals surface area contributed by atoms with Gasteiger partial charge in [-0.1, -0.05) is 17.7 Å². The van der Waals surface area contributed by atoms with Crippen LogP contribution in [0, 0.1) is 20.8 Å². The molecule has 0 atom stereocenters. The average Bonchev–Trinajstić information content (AvgIpc) is 2.61. The van der Waals surface area contributed by atoms with Gasteiger partial charge >= 0.3 is 0 Å². The number of benzene rings is 1. The number of aryl methyl sites for hydroxylation is 3. The van der Waals surface area contributed by atoms with Crippen LogP contribution in [0.2, 0.25) is 0 Å². The van der Waals surface area contributed by atoms with Crippen LogP contribution in [-0.2, 0) is 10.0 Å². The van der Waals surface area contributed by atoms with Gasteiger partial charge in [-0.05, 0) is 51.0 Å². The van der Waals surface area contributed by atoms with Gasteiger partial charge in [-0.2, -0.15) is 4.31 Å². The molecule has 0 spiro atoms. The number of piperazine rings is 1. The number of sulfonamides is 1. The van der Waals surface area contributed by atoms with Crippen LogP contribution in [0.5, 0.6) is 0 Å². The molecule has 146 valence electrons. The number of hydrogen-bond donors (Lipinski definition) is 1. The molecule has 0 bridgehead atoms. The van der Waals surface area contributed by atoms with E-state index in [0.29, 0.717) is 31.1 Å². The molecule has 0 unspecified atom stereocenters. The largest absolute Gasteiger partial charge is 0.369 e. The highest BCUT2D eigenvalue weighted by Gasteiger charge is 2.31. The molecule has 1 aliphatic heterocycles. The zero-order valence-electron chi connectivity index (χ0n) is 16.4. The van der Waals surface area contributed by atoms with Crippen LogP contribution in [0.3, 0.4) is 0 Å². The Kier molecular flexibility index (Phi) is 5.67. The van der Waals surface area contributed by atoms with Crippen molar-refractivity contribution in [2.24, 2.45) is 0 Å². The molecule has 1 saturated heterocycles. The number of anilines is 2. The lowest BCUT2D eigenvalue weighted by molar-refractivity contribution is 0.383. The van der Waals surface area contributed by atoms with Crippen molar-refractivity contribution in [3.63, 3.8) is 0 Å². The summed E-state index contributed by atoms with van der Waals surface area (Å²) in [5.74, 6) is 1.52. The monoisotopic (exact) mass is 389 g/mol. The van der Waals surface area contributed by atoms with E-state index in [-0.39, 0.29) is 0 Å². The van der Waals surface area contributed by atoms with E-state index in [9.17, 15) is 8.42 Å². The lowest BCUT2D eigenvalue weighted by Gasteiger charge is -2.35. The lowest BCUT2D eigenvalue weighted by Crippen LogP contribution is -2.49. The summed E-state index contributed by atoms with van der Waals surface area (Å²) in [6.45, 7) is 10.6. The van der Waals surface area contributed by atoms with E-state index in [4.69, 9.17) is 0 Å². The quantitative estimate of drug-likeness (QED) is 0.846. The van der Waals surface area contributed by atoms with Gasteiger partial charge in [-0.25, -0.2) is 8.42 Å². The second kappa shape index (κ2) is 7.82. The zero-order valence-corrected chi connectivity index (χ0v) is 17.2. The molecule has 3 rings (SSSR count). The third-order valence-corrected chi connectivity index (χ3v) is 6.98. The Balaban J connectivity index is 1.73. The van der Waals surface area contributed by atoms with Gasteiger partial charge in [0.05, 0.1) is 4.90 Å². The molecule has 8 heteroatoms. The van der Waals surface area contributed by atoms with Gasteiger partial charge in [0.1, 0.15) is 5.82 Å². The van der Waals surface area contributed by atoms with Crippen molar-refractivity contribution in [1.82, 2.24) is 14.5 Å². The van der Waals surface area contributed by atoms with Gasteiger partial charge in [0.2, 0.25) is 10.0 Å². The van der Waals surface area contributed by atoms with Gasteiger partial charge in [0.25, 0.3) is 0 Å². The molecule has 1 aromatic heterocycles. The predicted octanol–water partition coefficient (Wildman–Crippen LogP) is 2.34. The highest BCUT2D eigenvalue weighted by molar-refractivity contribution is 7.89. The number of hydrogen-bond acceptors (Lipinski definition) is 6. The summed E-state index contributed by atoms with van der Waals surface area (Å²) in [5.41, 5.74) is 2.69. The topological polar surface area (TPSA) is 78.4 Å². The van der Waals surface area contributed by atoms with Crippen molar-refractivity contribution in [1.29, 1.82) is 0 Å². The summed E-state index contributed by atoms with van der Waals surface area (Å²) in [4.78, 5) is 2.51. The molecule has 0 radical (unpaired) electrons. The van der Waals surface area contributed by atoms with Crippen molar-refractivity contribution in [3.8, 4) is 0 Å². The van der Waals surface area contributed by atoms with E-state index in [1.54, 1.807) is 4.31 Å². The normalized spacial score (nSPS) is 15.8. The van der Waals surface area contributed by atoms with Crippen LogP contribution in [-0.4, -0.2) is 55.6 Å². The Hall–Kier alpha value is -2.19. The average molecular weight is 390 g/mol. The molecule has 1 N–H and O–H groups in total. The molecule has 2 heterocycles. The van der Waals surface area contributed by atoms with Crippen molar-refractivity contribution in [3.05, 3.63) is 41.0 Å². The van der Waals surface area contributed by atoms with E-state index in [2.05, 4.69) is 20.4 Å². The Morgan fingerprint density at radius 3 is 2.15 bits per heavy atom. The van der Waals surface area contributed by atoms with Gasteiger partial charge < -0.3 is 10.2 Å². The first-order chi connectivity index (χ1) is 12.8. The molecule has 1 fully saturated rings. The number of aromatic nitrogens is 2. The lowest BCUT2D eigenvalue weighted by atomic mass is 10.1. The molecule has 0 saturated carbocycles. The summed E-state index contributed by atoms with van der Waals surface area (Å²) < 4.78 is 27.9. The standard InChI is InChI=1S/C19H27N5O2S/c1-5-20-17-6-7-18(22-21-17)23-8-10-24(11-9-23)27(25,26)19-15(3)12-14(2)13-16(19)4/h6-7,12-13H,5,8-11H2,1-4H3,(H,20,21). The van der Waals surface area contributed by atoms with Crippen molar-refractivity contribution in [2.75, 3.05) is 42.9 Å². The second-order valence-corrected chi connectivity index (χ2v) is 8.80. The number of nitrogens with one attached hydrogen (secondary N) is 1. The van der Waals surface area contributed by atoms with Crippen LogP contribution >= 0.6 is 0 Å². The first-order valence-electron chi connectivity index (χ1n) is 9.23. The summed E-state index contributed by atoms with van der Waals surface area (Å²) in [6, 6.07) is 7.67. The number of nitrogens with zero attached hydrogens (tertiary/aromatic N) is 4. The van der Waals surface area contributed by atoms with Crippen LogP contribution in [0.25, 0.3) is 0 Å². The van der Waals surface area contributed by atoms with E-state index in [1.165, 1.54) is 0 Å². The second-order valence-electron chi connectivity index (χ2n) is 6.93. The summed E-state index contributed by atoms with van der Waals surface area (Å²) >= 11 is 0. The van der Waals surface area contributed by atoms with Crippen LogP contribution in [0.15, 0.2) is 29.2 Å². The fraction of sp³-hybridized carbons (Fsp3) is 0.474. The van der Waals surface area contributed by atoms with Crippen molar-refractivity contribution >= 4 is 21.7 Å². The summed E-state index contributed by atoms with van der Waals surface area (Å²) in [5, 5.41) is 11.5. The van der Waals surface area contributed by atoms with Crippen LogP contribution < -0.4 is 10.2 Å². The Labute approximate surface area is 161 Å². The minimum atomic E-state index is -3.50. The molecule has 0 amide bonds. The molecule has 1 aliphatic rings. The molecule has 7 nitrogen and oxygen atoms in total. The molecule has 2 aromatic rings. The minimum absolute atomic E-state index is 0.436. The molecule has 0 aliphatic carbocycles. The number of rotatable bonds is 5. The summed E-state index contributed by atoms with van der Waals surface area (Å²) in [7, 11) is -3.50. The Morgan fingerprint density at radius 2 is 1.63 bits per heavy atom. The fourth-order valence-corrected chi connectivity index (χ4v) is 5.46. The maximum absolute atomic E-state index is 13.2. The molecule has 27 heavy (non-hydrogen) atoms. The van der Waals surface area contributed by atoms with Crippen LogP contribution in [0.1, 0.15) is 23.6 Å². The van der Waals surface area contributed by atoms with Crippen molar-refractivity contribution in [2.45, 2.75) is 32.6 Å². The maximum Gasteiger partial charge on any atom is 0.243 e. The van der Waals surface area contributed by atoms with E-state index in [0.717, 1.165) is 34.9 Å². The molecule has 1 aromatic carbocycles. The fourth-order valence-electron chi connectivity index (χ4n) is 3.63. The van der Waals surface area contributed by atoms with Gasteiger partial charge in [0, 0.05) is 32.7 Å². The van der Waals surface area contributed by atoms with Crippen LogP contribution in [0.4, 0.5) is 11.6 Å². The van der Waals surface area contributed by atoms with Gasteiger partial charge in [0.15, 0.2) is 5.82 Å². The maximum atomic E-state index is 13.2. The van der Waals surface area contributed by atoms with Crippen molar-refractivity contribution < 1.29 is 8.42 Å². The molecular weight excluding hydrogens is 362 g/mol. The first-order valence-corrected chi connectivity index (χ1v) is 10.7. The summed E-state index contributed by atoms with van der Waals surface area (Å²) in [6.07, 6.45) is 0. The third-order valence-electron chi connectivity index (χ3n) is 4.77. The Morgan fingerprint density at radius 1 is 1.00 bits per heavy atom. The predicted molar refractivity (Wildman–Crippen MR) is 108 cm³/mol. The smallest absolute Gasteiger partial charge is 0.243 e. The highest BCUT2D eigenvalue weighted by atomic mass is 32.2.